The third-order valence-electron chi connectivity index (χ3n) is 1.67. The Labute approximate surface area is 90.8 Å². The molecule has 0 fully saturated rings. The van der Waals surface area contributed by atoms with Crippen LogP contribution in [0.3, 0.4) is 0 Å². The molecule has 14 heavy (non-hydrogen) atoms. The van der Waals surface area contributed by atoms with Gasteiger partial charge in [-0.15, -0.1) is 0 Å². The second-order valence-electron chi connectivity index (χ2n) is 4.21. The summed E-state index contributed by atoms with van der Waals surface area (Å²) < 4.78 is 17.1. The molecule has 0 aliphatic rings. The summed E-state index contributed by atoms with van der Waals surface area (Å²) in [6.45, 7) is 12.1. The monoisotopic (exact) mass is 242 g/mol. The van der Waals surface area contributed by atoms with Gasteiger partial charge < -0.3 is 0 Å². The summed E-state index contributed by atoms with van der Waals surface area (Å²) in [4.78, 5) is 0. The van der Waals surface area contributed by atoms with Gasteiger partial charge in [0.05, 0.1) is 0 Å². The molecule has 0 bridgehead atoms. The van der Waals surface area contributed by atoms with Crippen LogP contribution in [0.4, 0.5) is 0 Å². The summed E-state index contributed by atoms with van der Waals surface area (Å²) >= 11 is 0. The Morgan fingerprint density at radius 2 is 1.21 bits per heavy atom. The fourth-order valence-corrected chi connectivity index (χ4v) is 4.60. The average molecular weight is 242 g/mol. The molecule has 1 atom stereocenters. The van der Waals surface area contributed by atoms with Gasteiger partial charge >= 0.3 is 90.2 Å². The second kappa shape index (κ2) is 6.35. The first-order chi connectivity index (χ1) is 6.34. The Hall–Kier alpha value is 0.740. The van der Waals surface area contributed by atoms with Gasteiger partial charge in [-0.05, 0) is 0 Å². The third kappa shape index (κ3) is 4.51. The SMILES string of the molecule is CC(C)O[PH](OP)(OC(C)C)C(C)C. The van der Waals surface area contributed by atoms with Gasteiger partial charge in [0.25, 0.3) is 0 Å². The van der Waals surface area contributed by atoms with E-state index in [0.29, 0.717) is 0 Å². The van der Waals surface area contributed by atoms with Crippen molar-refractivity contribution in [3.05, 3.63) is 0 Å². The van der Waals surface area contributed by atoms with Gasteiger partial charge in [0.1, 0.15) is 0 Å². The molecule has 3 nitrogen and oxygen atoms in total. The first kappa shape index (κ1) is 14.7. The van der Waals surface area contributed by atoms with Crippen LogP contribution < -0.4 is 0 Å². The Kier molecular flexibility index (Phi) is 6.69. The molecule has 0 saturated heterocycles. The standard InChI is InChI=1S/C9H24O3P2/c1-7(2)10-14(12-13,9(5)6)11-8(3)4/h7-9,14H,13H2,1-6H3. The quantitative estimate of drug-likeness (QED) is 0.667. The van der Waals surface area contributed by atoms with E-state index in [-0.39, 0.29) is 17.9 Å². The van der Waals surface area contributed by atoms with Crippen LogP contribution in [0.5, 0.6) is 0 Å². The molecule has 0 aromatic rings. The summed E-state index contributed by atoms with van der Waals surface area (Å²) in [5.74, 6) is 0. The molecule has 0 amide bonds. The predicted molar refractivity (Wildman–Crippen MR) is 66.7 cm³/mol. The zero-order valence-electron chi connectivity index (χ0n) is 10.0. The van der Waals surface area contributed by atoms with Gasteiger partial charge in [0.15, 0.2) is 0 Å². The van der Waals surface area contributed by atoms with Crippen molar-refractivity contribution in [1.29, 1.82) is 0 Å². The van der Waals surface area contributed by atoms with Crippen LogP contribution in [0.25, 0.3) is 0 Å². The van der Waals surface area contributed by atoms with Gasteiger partial charge in [-0.3, -0.25) is 0 Å². The van der Waals surface area contributed by atoms with Crippen LogP contribution in [0, 0.1) is 0 Å². The average Bonchev–Trinajstić information content (AvgIpc) is 2.00. The van der Waals surface area contributed by atoms with Crippen LogP contribution in [0.1, 0.15) is 41.5 Å². The molecule has 0 spiro atoms. The topological polar surface area (TPSA) is 27.7 Å². The summed E-state index contributed by atoms with van der Waals surface area (Å²) in [5.41, 5.74) is 0.268. The first-order valence-corrected chi connectivity index (χ1v) is 7.35. The van der Waals surface area contributed by atoms with Gasteiger partial charge in [-0.2, -0.15) is 0 Å². The molecule has 0 N–H and O–H groups in total. The molecule has 0 saturated carbocycles. The minimum absolute atomic E-state index is 0.128. The van der Waals surface area contributed by atoms with E-state index in [0.717, 1.165) is 0 Å². The van der Waals surface area contributed by atoms with Crippen LogP contribution in [-0.2, 0) is 13.4 Å². The summed E-state index contributed by atoms with van der Waals surface area (Å²) in [5, 5.41) is 0. The van der Waals surface area contributed by atoms with Gasteiger partial charge in [0.2, 0.25) is 0 Å². The van der Waals surface area contributed by atoms with Crippen molar-refractivity contribution in [2.24, 2.45) is 0 Å². The van der Waals surface area contributed by atoms with Crippen molar-refractivity contribution in [2.45, 2.75) is 59.4 Å². The normalized spacial score (nSPS) is 14.4. The van der Waals surface area contributed by atoms with E-state index in [9.17, 15) is 0 Å². The van der Waals surface area contributed by atoms with Crippen molar-refractivity contribution in [2.75, 3.05) is 0 Å². The summed E-state index contributed by atoms with van der Waals surface area (Å²) in [6.07, 6.45) is 0.256. The summed E-state index contributed by atoms with van der Waals surface area (Å²) in [7, 11) is -0.226. The molecule has 1 unspecified atom stereocenters. The third-order valence-corrected chi connectivity index (χ3v) is 6.00. The Bertz CT molecular complexity index is 150. The van der Waals surface area contributed by atoms with Gasteiger partial charge in [-0.25, -0.2) is 0 Å². The van der Waals surface area contributed by atoms with E-state index in [4.69, 9.17) is 13.4 Å². The van der Waals surface area contributed by atoms with E-state index >= 15 is 0 Å². The van der Waals surface area contributed by atoms with Crippen molar-refractivity contribution < 1.29 is 13.4 Å². The molecule has 0 aromatic carbocycles. The Balaban J connectivity index is 4.60. The molecule has 0 aromatic heterocycles. The van der Waals surface area contributed by atoms with Crippen molar-refractivity contribution in [3.63, 3.8) is 0 Å². The fraction of sp³-hybridized carbons (Fsp3) is 1.00. The molecular formula is C9H24O3P2. The maximum absolute atomic E-state index is 5.83. The second-order valence-corrected chi connectivity index (χ2v) is 7.99. The zero-order chi connectivity index (χ0) is 11.4. The Morgan fingerprint density at radius 1 is 0.857 bits per heavy atom. The van der Waals surface area contributed by atoms with Crippen LogP contribution in [-0.4, -0.2) is 17.9 Å². The van der Waals surface area contributed by atoms with E-state index in [1.807, 2.05) is 27.7 Å². The van der Waals surface area contributed by atoms with E-state index < -0.39 is 7.94 Å². The molecule has 0 aliphatic heterocycles. The van der Waals surface area contributed by atoms with E-state index in [1.54, 1.807) is 0 Å². The fourth-order valence-electron chi connectivity index (χ4n) is 1.15. The minimum atomic E-state index is -2.51. The Morgan fingerprint density at radius 3 is 1.36 bits per heavy atom. The molecule has 5 heteroatoms. The molecule has 0 rings (SSSR count). The molecule has 0 aliphatic carbocycles. The number of rotatable bonds is 6. The van der Waals surface area contributed by atoms with E-state index in [1.165, 1.54) is 0 Å². The van der Waals surface area contributed by atoms with Gasteiger partial charge in [-0.1, -0.05) is 0 Å². The van der Waals surface area contributed by atoms with Gasteiger partial charge in [0, 0.05) is 0 Å². The van der Waals surface area contributed by atoms with Crippen LogP contribution in [0.15, 0.2) is 0 Å². The number of hydrogen-bond donors (Lipinski definition) is 0. The molecule has 0 heterocycles. The van der Waals surface area contributed by atoms with Crippen molar-refractivity contribution in [3.8, 4) is 0 Å². The molecule has 0 radical (unpaired) electrons. The van der Waals surface area contributed by atoms with Crippen molar-refractivity contribution >= 4 is 17.4 Å². The maximum atomic E-state index is 5.83. The van der Waals surface area contributed by atoms with Crippen LogP contribution in [0.2, 0.25) is 0 Å². The first-order valence-electron chi connectivity index (χ1n) is 5.07. The molecular weight excluding hydrogens is 218 g/mol. The van der Waals surface area contributed by atoms with Crippen molar-refractivity contribution in [1.82, 2.24) is 0 Å². The van der Waals surface area contributed by atoms with E-state index in [2.05, 4.69) is 23.3 Å². The predicted octanol–water partition coefficient (Wildman–Crippen LogP) is 3.55. The zero-order valence-corrected chi connectivity index (χ0v) is 12.2. The summed E-state index contributed by atoms with van der Waals surface area (Å²) in [6, 6.07) is 0. The van der Waals surface area contributed by atoms with Crippen LogP contribution >= 0.6 is 17.4 Å². The number of hydrogen-bond acceptors (Lipinski definition) is 3. The molecule has 88 valence electrons.